The second-order valence-electron chi connectivity index (χ2n) is 7.87. The zero-order valence-corrected chi connectivity index (χ0v) is 18.8. The van der Waals surface area contributed by atoms with E-state index in [1.165, 1.54) is 24.3 Å². The Labute approximate surface area is 194 Å². The summed E-state index contributed by atoms with van der Waals surface area (Å²) in [5.41, 5.74) is 6.21. The van der Waals surface area contributed by atoms with Crippen LogP contribution in [0.5, 0.6) is 5.75 Å². The molecule has 0 fully saturated rings. The average molecular weight is 457 g/mol. The maximum atomic E-state index is 12.8. The van der Waals surface area contributed by atoms with Gasteiger partial charge in [0.2, 0.25) is 0 Å². The summed E-state index contributed by atoms with van der Waals surface area (Å²) in [6.07, 6.45) is 7.30. The molecule has 0 amide bonds. The third-order valence-corrected chi connectivity index (χ3v) is 5.26. The van der Waals surface area contributed by atoms with Gasteiger partial charge in [0.1, 0.15) is 12.4 Å². The molecule has 2 aromatic rings. The zero-order valence-electron chi connectivity index (χ0n) is 18.8. The van der Waals surface area contributed by atoms with Gasteiger partial charge in [-0.15, -0.1) is 0 Å². The Kier molecular flexibility index (Phi) is 11.6. The molecule has 0 aliphatic heterocycles. The van der Waals surface area contributed by atoms with Crippen molar-refractivity contribution in [2.45, 2.75) is 58.0 Å². The number of hydrogen-bond acceptors (Lipinski definition) is 7. The van der Waals surface area contributed by atoms with Crippen LogP contribution in [0.15, 0.2) is 54.6 Å². The van der Waals surface area contributed by atoms with E-state index < -0.39 is 22.8 Å². The van der Waals surface area contributed by atoms with Gasteiger partial charge in [0.05, 0.1) is 4.92 Å². The molecule has 0 radical (unpaired) electrons. The number of hydrogen-bond donors (Lipinski definition) is 1. The zero-order chi connectivity index (χ0) is 23.9. The largest absolute Gasteiger partial charge is 0.460 e. The molecule has 0 saturated heterocycles. The molecule has 0 aliphatic carbocycles. The van der Waals surface area contributed by atoms with Gasteiger partial charge < -0.3 is 15.2 Å². The second-order valence-corrected chi connectivity index (χ2v) is 7.87. The summed E-state index contributed by atoms with van der Waals surface area (Å²) in [5, 5.41) is 10.8. The van der Waals surface area contributed by atoms with Crippen molar-refractivity contribution in [3.8, 4) is 5.75 Å². The smallest absolute Gasteiger partial charge is 0.325 e. The number of nitro groups is 1. The Balaban J connectivity index is 1.92. The highest BCUT2D eigenvalue weighted by atomic mass is 16.6. The van der Waals surface area contributed by atoms with Crippen LogP contribution in [0, 0.1) is 16.0 Å². The fourth-order valence-corrected chi connectivity index (χ4v) is 3.36. The third kappa shape index (κ3) is 9.82. The second kappa shape index (κ2) is 14.7. The number of unbranched alkanes of at least 4 members (excludes halogenated alkanes) is 6. The van der Waals surface area contributed by atoms with E-state index >= 15 is 0 Å². The van der Waals surface area contributed by atoms with Gasteiger partial charge in [-0.25, -0.2) is 0 Å². The molecule has 1 atom stereocenters. The van der Waals surface area contributed by atoms with E-state index in [4.69, 9.17) is 15.2 Å². The van der Waals surface area contributed by atoms with E-state index in [2.05, 4.69) is 0 Å². The molecule has 2 aromatic carbocycles. The van der Waals surface area contributed by atoms with E-state index in [1.807, 2.05) is 30.3 Å². The molecule has 0 aromatic heterocycles. The van der Waals surface area contributed by atoms with Gasteiger partial charge in [-0.3, -0.25) is 19.7 Å². The van der Waals surface area contributed by atoms with Gasteiger partial charge >= 0.3 is 11.9 Å². The monoisotopic (exact) mass is 456 g/mol. The number of ether oxygens (including phenoxy) is 2. The van der Waals surface area contributed by atoms with Gasteiger partial charge in [-0.05, 0) is 37.1 Å². The Bertz CT molecular complexity index is 870. The minimum atomic E-state index is -1.05. The topological polar surface area (TPSA) is 122 Å². The van der Waals surface area contributed by atoms with E-state index in [0.29, 0.717) is 19.4 Å². The number of carbonyl (C=O) groups excluding carboxylic acids is 2. The number of carbonyl (C=O) groups is 2. The molecule has 8 nitrogen and oxygen atoms in total. The maximum absolute atomic E-state index is 12.8. The maximum Gasteiger partial charge on any atom is 0.325 e. The van der Waals surface area contributed by atoms with Gasteiger partial charge in [0, 0.05) is 12.1 Å². The van der Waals surface area contributed by atoms with Crippen LogP contribution < -0.4 is 10.5 Å². The molecule has 8 heteroatoms. The quantitative estimate of drug-likeness (QED) is 0.101. The molecule has 1 unspecified atom stereocenters. The van der Waals surface area contributed by atoms with Crippen molar-refractivity contribution >= 4 is 17.6 Å². The van der Waals surface area contributed by atoms with Crippen LogP contribution >= 0.6 is 0 Å². The van der Waals surface area contributed by atoms with Gasteiger partial charge in [-0.1, -0.05) is 68.9 Å². The molecule has 0 spiro atoms. The number of nitrogens with zero attached hydrogens (tertiary/aromatic N) is 1. The number of benzene rings is 2. The van der Waals surface area contributed by atoms with E-state index in [1.54, 1.807) is 0 Å². The highest BCUT2D eigenvalue weighted by Gasteiger charge is 2.30. The van der Waals surface area contributed by atoms with Gasteiger partial charge in [-0.2, -0.15) is 0 Å². The number of esters is 2. The SMILES string of the molecule is NCCCCCCCCCC(C(=O)OCc1ccccc1)C(=O)Oc1ccc([N+](=O)[O-])cc1. The number of nitrogens with two attached hydrogens (primary N) is 1. The third-order valence-electron chi connectivity index (χ3n) is 5.26. The number of nitro benzene ring substituents is 1. The Morgan fingerprint density at radius 1 is 0.848 bits per heavy atom. The minimum Gasteiger partial charge on any atom is -0.460 e. The van der Waals surface area contributed by atoms with Crippen molar-refractivity contribution in [2.75, 3.05) is 6.54 Å². The minimum absolute atomic E-state index is 0.0716. The molecule has 2 rings (SSSR count). The summed E-state index contributed by atoms with van der Waals surface area (Å²) < 4.78 is 10.7. The fraction of sp³-hybridized carbons (Fsp3) is 0.440. The van der Waals surface area contributed by atoms with Gasteiger partial charge in [0.15, 0.2) is 5.92 Å². The lowest BCUT2D eigenvalue weighted by Crippen LogP contribution is -2.30. The van der Waals surface area contributed by atoms with Crippen LogP contribution in [-0.4, -0.2) is 23.4 Å². The summed E-state index contributed by atoms with van der Waals surface area (Å²) in [4.78, 5) is 35.7. The van der Waals surface area contributed by atoms with E-state index in [-0.39, 0.29) is 18.0 Å². The first-order valence-corrected chi connectivity index (χ1v) is 11.4. The highest BCUT2D eigenvalue weighted by Crippen LogP contribution is 2.21. The normalized spacial score (nSPS) is 11.5. The summed E-state index contributed by atoms with van der Waals surface area (Å²) in [7, 11) is 0. The standard InChI is InChI=1S/C25H32N2O6/c26-18-10-5-3-1-2-4-9-13-23(24(28)32-19-20-11-7-6-8-12-20)25(29)33-22-16-14-21(15-17-22)27(30)31/h6-8,11-12,14-17,23H,1-5,9-10,13,18-19,26H2. The number of non-ortho nitro benzene ring substituents is 1. The molecule has 2 N–H and O–H groups in total. The van der Waals surface area contributed by atoms with E-state index in [0.717, 1.165) is 44.1 Å². The van der Waals surface area contributed by atoms with Crippen molar-refractivity contribution < 1.29 is 24.0 Å². The van der Waals surface area contributed by atoms with Crippen LogP contribution in [0.3, 0.4) is 0 Å². The van der Waals surface area contributed by atoms with Crippen molar-refractivity contribution in [1.82, 2.24) is 0 Å². The summed E-state index contributed by atoms with van der Waals surface area (Å²) in [6.45, 7) is 0.784. The lowest BCUT2D eigenvalue weighted by Gasteiger charge is -2.15. The van der Waals surface area contributed by atoms with Gasteiger partial charge in [0.25, 0.3) is 5.69 Å². The first-order valence-electron chi connectivity index (χ1n) is 11.4. The van der Waals surface area contributed by atoms with Crippen LogP contribution in [0.1, 0.15) is 56.9 Å². The molecular weight excluding hydrogens is 424 g/mol. The number of rotatable bonds is 15. The molecule has 0 bridgehead atoms. The first-order chi connectivity index (χ1) is 16.0. The molecular formula is C25H32N2O6. The summed E-state index contributed by atoms with van der Waals surface area (Å²) in [6, 6.07) is 14.4. The molecule has 0 saturated carbocycles. The van der Waals surface area contributed by atoms with Crippen LogP contribution in [0.4, 0.5) is 5.69 Å². The highest BCUT2D eigenvalue weighted by molar-refractivity contribution is 5.95. The lowest BCUT2D eigenvalue weighted by molar-refractivity contribution is -0.384. The van der Waals surface area contributed by atoms with Crippen LogP contribution in [0.2, 0.25) is 0 Å². The first kappa shape index (κ1) is 26.0. The molecule has 0 heterocycles. The van der Waals surface area contributed by atoms with Crippen molar-refractivity contribution in [3.63, 3.8) is 0 Å². The molecule has 0 aliphatic rings. The predicted octanol–water partition coefficient (Wildman–Crippen LogP) is 4.94. The molecule has 33 heavy (non-hydrogen) atoms. The van der Waals surface area contributed by atoms with E-state index in [9.17, 15) is 19.7 Å². The van der Waals surface area contributed by atoms with Crippen LogP contribution in [-0.2, 0) is 20.9 Å². The molecule has 178 valence electrons. The summed E-state index contributed by atoms with van der Waals surface area (Å²) >= 11 is 0. The Morgan fingerprint density at radius 3 is 2.06 bits per heavy atom. The van der Waals surface area contributed by atoms with Crippen molar-refractivity contribution in [1.29, 1.82) is 0 Å². The Morgan fingerprint density at radius 2 is 1.45 bits per heavy atom. The fourth-order valence-electron chi connectivity index (χ4n) is 3.36. The Hall–Kier alpha value is -3.26. The van der Waals surface area contributed by atoms with Crippen molar-refractivity contribution in [3.05, 3.63) is 70.3 Å². The average Bonchev–Trinajstić information content (AvgIpc) is 2.82. The summed E-state index contributed by atoms with van der Waals surface area (Å²) in [5.74, 6) is -2.26. The predicted molar refractivity (Wildman–Crippen MR) is 124 cm³/mol. The van der Waals surface area contributed by atoms with Crippen molar-refractivity contribution in [2.24, 2.45) is 11.7 Å². The van der Waals surface area contributed by atoms with Crippen LogP contribution in [0.25, 0.3) is 0 Å². The lowest BCUT2D eigenvalue weighted by atomic mass is 10.00.